The summed E-state index contributed by atoms with van der Waals surface area (Å²) in [4.78, 5) is 4.27. The van der Waals surface area contributed by atoms with Crippen LogP contribution in [0.15, 0.2) is 12.4 Å². The predicted octanol–water partition coefficient (Wildman–Crippen LogP) is 0.436. The molecule has 1 aromatic heterocycles. The second-order valence-electron chi connectivity index (χ2n) is 3.66. The molecule has 1 aromatic rings. The second kappa shape index (κ2) is 7.38. The number of aryl methyl sites for hydroxylation is 1. The largest absolute Gasteiger partial charge is 0.382 e. The van der Waals surface area contributed by atoms with Gasteiger partial charge in [0.25, 0.3) is 0 Å². The first-order valence-electron chi connectivity index (χ1n) is 5.60. The number of aromatic nitrogens is 2. The van der Waals surface area contributed by atoms with Crippen LogP contribution in [0.5, 0.6) is 0 Å². The van der Waals surface area contributed by atoms with Crippen LogP contribution >= 0.6 is 0 Å². The van der Waals surface area contributed by atoms with Gasteiger partial charge in [-0.1, -0.05) is 0 Å². The summed E-state index contributed by atoms with van der Waals surface area (Å²) in [5.41, 5.74) is 5.95. The highest BCUT2D eigenvalue weighted by atomic mass is 16.5. The molecule has 0 aliphatic carbocycles. The lowest BCUT2D eigenvalue weighted by molar-refractivity contribution is 0.0634. The Hall–Kier alpha value is -0.910. The molecule has 1 atom stereocenters. The molecule has 16 heavy (non-hydrogen) atoms. The fourth-order valence-corrected chi connectivity index (χ4v) is 1.49. The normalized spacial score (nSPS) is 12.9. The lowest BCUT2D eigenvalue weighted by Crippen LogP contribution is -2.30. The Labute approximate surface area is 96.6 Å². The summed E-state index contributed by atoms with van der Waals surface area (Å²) in [6, 6.07) is -0.00967. The van der Waals surface area contributed by atoms with E-state index in [1.54, 1.807) is 13.3 Å². The molecule has 1 heterocycles. The molecule has 0 amide bonds. The van der Waals surface area contributed by atoms with E-state index in [1.165, 1.54) is 0 Å². The number of nitrogens with two attached hydrogens (primary N) is 1. The molecule has 5 nitrogen and oxygen atoms in total. The van der Waals surface area contributed by atoms with E-state index in [2.05, 4.69) is 16.5 Å². The van der Waals surface area contributed by atoms with Gasteiger partial charge in [-0.2, -0.15) is 0 Å². The number of rotatable bonds is 8. The summed E-state index contributed by atoms with van der Waals surface area (Å²) < 4.78 is 12.3. The van der Waals surface area contributed by atoms with Crippen molar-refractivity contribution >= 4 is 0 Å². The van der Waals surface area contributed by atoms with Crippen molar-refractivity contribution in [3.63, 3.8) is 0 Å². The minimum absolute atomic E-state index is 0.00967. The maximum Gasteiger partial charge on any atom is 0.110 e. The van der Waals surface area contributed by atoms with Gasteiger partial charge in [-0.3, -0.25) is 0 Å². The van der Waals surface area contributed by atoms with Crippen LogP contribution in [0.3, 0.4) is 0 Å². The second-order valence-corrected chi connectivity index (χ2v) is 3.66. The Morgan fingerprint density at radius 1 is 1.50 bits per heavy atom. The van der Waals surface area contributed by atoms with Crippen molar-refractivity contribution in [2.75, 3.05) is 26.9 Å². The van der Waals surface area contributed by atoms with Gasteiger partial charge in [0.1, 0.15) is 5.82 Å². The van der Waals surface area contributed by atoms with Gasteiger partial charge in [0.15, 0.2) is 0 Å². The van der Waals surface area contributed by atoms with Crippen LogP contribution in [0, 0.1) is 0 Å². The predicted molar refractivity (Wildman–Crippen MR) is 62.3 cm³/mol. The summed E-state index contributed by atoms with van der Waals surface area (Å²) in [5.74, 6) is 1.02. The van der Waals surface area contributed by atoms with E-state index in [4.69, 9.17) is 15.2 Å². The molecular weight excluding hydrogens is 206 g/mol. The maximum atomic E-state index is 5.95. The number of methoxy groups -OCH3 is 1. The van der Waals surface area contributed by atoms with Gasteiger partial charge in [0.05, 0.1) is 19.8 Å². The number of hydrogen-bond acceptors (Lipinski definition) is 4. The van der Waals surface area contributed by atoms with Gasteiger partial charge in [-0.05, 0) is 6.92 Å². The van der Waals surface area contributed by atoms with Crippen LogP contribution in [0.1, 0.15) is 12.7 Å². The van der Waals surface area contributed by atoms with E-state index in [9.17, 15) is 0 Å². The molecule has 1 unspecified atom stereocenters. The van der Waals surface area contributed by atoms with Crippen molar-refractivity contribution in [2.24, 2.45) is 5.73 Å². The molecule has 0 spiro atoms. The van der Waals surface area contributed by atoms with Crippen molar-refractivity contribution in [2.45, 2.75) is 25.9 Å². The number of imidazole rings is 1. The maximum absolute atomic E-state index is 5.95. The number of hydrogen-bond donors (Lipinski definition) is 1. The zero-order chi connectivity index (χ0) is 11.8. The first kappa shape index (κ1) is 13.2. The van der Waals surface area contributed by atoms with Crippen LogP contribution in [-0.4, -0.2) is 42.5 Å². The minimum atomic E-state index is -0.00967. The molecule has 5 heteroatoms. The molecule has 2 N–H and O–H groups in total. The zero-order valence-corrected chi connectivity index (χ0v) is 10.1. The molecule has 0 bridgehead atoms. The summed E-state index contributed by atoms with van der Waals surface area (Å²) >= 11 is 0. The van der Waals surface area contributed by atoms with Crippen LogP contribution in [0.25, 0.3) is 0 Å². The van der Waals surface area contributed by atoms with E-state index in [1.807, 2.05) is 6.20 Å². The smallest absolute Gasteiger partial charge is 0.110 e. The highest BCUT2D eigenvalue weighted by Gasteiger charge is 2.08. The fourth-order valence-electron chi connectivity index (χ4n) is 1.49. The highest BCUT2D eigenvalue weighted by molar-refractivity contribution is 4.94. The SMILES string of the molecule is CCn1ccnc1CC(N)COCCOC. The topological polar surface area (TPSA) is 62.3 Å². The van der Waals surface area contributed by atoms with Gasteiger partial charge in [0, 0.05) is 38.5 Å². The van der Waals surface area contributed by atoms with Gasteiger partial charge in [-0.15, -0.1) is 0 Å². The van der Waals surface area contributed by atoms with Crippen molar-refractivity contribution < 1.29 is 9.47 Å². The van der Waals surface area contributed by atoms with E-state index in [-0.39, 0.29) is 6.04 Å². The summed E-state index contributed by atoms with van der Waals surface area (Å²) in [5, 5.41) is 0. The number of ether oxygens (including phenoxy) is 2. The third-order valence-corrected chi connectivity index (χ3v) is 2.35. The molecular formula is C11H21N3O2. The lowest BCUT2D eigenvalue weighted by Gasteiger charge is -2.12. The average Bonchev–Trinajstić information content (AvgIpc) is 2.71. The van der Waals surface area contributed by atoms with Crippen molar-refractivity contribution in [3.8, 4) is 0 Å². The molecule has 0 saturated heterocycles. The first-order chi connectivity index (χ1) is 7.77. The third-order valence-electron chi connectivity index (χ3n) is 2.35. The minimum Gasteiger partial charge on any atom is -0.382 e. The number of nitrogens with zero attached hydrogens (tertiary/aromatic N) is 2. The van der Waals surface area contributed by atoms with E-state index in [0.717, 1.165) is 18.8 Å². The Kier molecular flexibility index (Phi) is 6.07. The molecule has 0 aliphatic rings. The van der Waals surface area contributed by atoms with E-state index in [0.29, 0.717) is 19.8 Å². The summed E-state index contributed by atoms with van der Waals surface area (Å²) in [6.45, 7) is 4.75. The fraction of sp³-hybridized carbons (Fsp3) is 0.727. The Balaban J connectivity index is 2.25. The molecule has 92 valence electrons. The summed E-state index contributed by atoms with van der Waals surface area (Å²) in [6.07, 6.45) is 4.51. The van der Waals surface area contributed by atoms with E-state index >= 15 is 0 Å². The third kappa shape index (κ3) is 4.30. The monoisotopic (exact) mass is 227 g/mol. The Morgan fingerprint density at radius 3 is 3.00 bits per heavy atom. The van der Waals surface area contributed by atoms with Crippen LogP contribution < -0.4 is 5.73 Å². The zero-order valence-electron chi connectivity index (χ0n) is 10.1. The molecule has 0 radical (unpaired) electrons. The molecule has 0 aromatic carbocycles. The Morgan fingerprint density at radius 2 is 2.31 bits per heavy atom. The van der Waals surface area contributed by atoms with Crippen LogP contribution in [0.2, 0.25) is 0 Å². The molecule has 0 aliphatic heterocycles. The van der Waals surface area contributed by atoms with Gasteiger partial charge in [-0.25, -0.2) is 4.98 Å². The standard InChI is InChI=1S/C11H21N3O2/c1-3-14-5-4-13-11(14)8-10(12)9-16-7-6-15-2/h4-5,10H,3,6-9,12H2,1-2H3. The van der Waals surface area contributed by atoms with Crippen LogP contribution in [-0.2, 0) is 22.4 Å². The van der Waals surface area contributed by atoms with Crippen molar-refractivity contribution in [1.29, 1.82) is 0 Å². The molecule has 1 rings (SSSR count). The van der Waals surface area contributed by atoms with Gasteiger partial charge in [0.2, 0.25) is 0 Å². The lowest BCUT2D eigenvalue weighted by atomic mass is 10.2. The highest BCUT2D eigenvalue weighted by Crippen LogP contribution is 2.01. The van der Waals surface area contributed by atoms with Crippen molar-refractivity contribution in [1.82, 2.24) is 9.55 Å². The van der Waals surface area contributed by atoms with Gasteiger partial charge < -0.3 is 19.8 Å². The van der Waals surface area contributed by atoms with E-state index < -0.39 is 0 Å². The van der Waals surface area contributed by atoms with Gasteiger partial charge >= 0.3 is 0 Å². The molecule has 0 saturated carbocycles. The van der Waals surface area contributed by atoms with Crippen LogP contribution in [0.4, 0.5) is 0 Å². The van der Waals surface area contributed by atoms with Crippen molar-refractivity contribution in [3.05, 3.63) is 18.2 Å². The molecule has 0 fully saturated rings. The average molecular weight is 227 g/mol. The Bertz CT molecular complexity index is 289. The first-order valence-corrected chi connectivity index (χ1v) is 5.60. The quantitative estimate of drug-likeness (QED) is 0.654. The summed E-state index contributed by atoms with van der Waals surface area (Å²) in [7, 11) is 1.65.